The van der Waals surface area contributed by atoms with Crippen LogP contribution in [0.2, 0.25) is 0 Å². The van der Waals surface area contributed by atoms with Gasteiger partial charge in [0.15, 0.2) is 0 Å². The number of halogens is 3. The molecule has 0 saturated heterocycles. The summed E-state index contributed by atoms with van der Waals surface area (Å²) < 4.78 is 46.2. The molecule has 0 aliphatic heterocycles. The van der Waals surface area contributed by atoms with Gasteiger partial charge in [-0.05, 0) is 30.0 Å². The van der Waals surface area contributed by atoms with Gasteiger partial charge in [-0.15, -0.1) is 0 Å². The number of amides is 1. The zero-order valence-electron chi connectivity index (χ0n) is 17.7. The van der Waals surface area contributed by atoms with E-state index in [2.05, 4.69) is 25.9 Å². The lowest BCUT2D eigenvalue weighted by molar-refractivity contribution is -0.161. The maximum Gasteiger partial charge on any atom is 0.407 e. The van der Waals surface area contributed by atoms with Crippen LogP contribution in [0, 0.1) is 5.92 Å². The Labute approximate surface area is 179 Å². The van der Waals surface area contributed by atoms with E-state index >= 15 is 0 Å². The first-order valence-electron chi connectivity index (χ1n) is 9.96. The summed E-state index contributed by atoms with van der Waals surface area (Å²) in [6, 6.07) is 4.97. The van der Waals surface area contributed by atoms with Crippen molar-refractivity contribution in [3.63, 3.8) is 0 Å². The summed E-state index contributed by atoms with van der Waals surface area (Å²) in [7, 11) is 1.38. The molecule has 0 spiro atoms. The first-order valence-corrected chi connectivity index (χ1v) is 9.96. The molecule has 31 heavy (non-hydrogen) atoms. The Balaban J connectivity index is 2.04. The van der Waals surface area contributed by atoms with E-state index in [1.54, 1.807) is 18.3 Å². The molecule has 2 atom stereocenters. The summed E-state index contributed by atoms with van der Waals surface area (Å²) in [5.41, 5.74) is -0.0910. The summed E-state index contributed by atoms with van der Waals surface area (Å²) >= 11 is 0. The number of pyridine rings is 2. The zero-order valence-corrected chi connectivity index (χ0v) is 17.7. The van der Waals surface area contributed by atoms with Crippen LogP contribution in [0.1, 0.15) is 31.9 Å². The molecule has 1 amide bonds. The van der Waals surface area contributed by atoms with Gasteiger partial charge >= 0.3 is 6.18 Å². The maximum absolute atomic E-state index is 13.8. The standard InChI is InChI=1S/C21H28F3N5O2/c1-14(2)12-16(20(30)27-11-10-26-17-6-4-5-9-25-17)29-19(21(22,23)24)15-7-8-18(31-3)28-13-15/h4-9,13-14,16,19,29H,10-12H2,1-3H3,(H,25,26)(H,27,30)/t16-,19-/m0/s1. The minimum Gasteiger partial charge on any atom is -0.481 e. The summed E-state index contributed by atoms with van der Waals surface area (Å²) in [5, 5.41) is 8.21. The minimum atomic E-state index is -4.60. The Kier molecular flexibility index (Phi) is 9.04. The van der Waals surface area contributed by atoms with Crippen molar-refractivity contribution in [2.24, 2.45) is 5.92 Å². The van der Waals surface area contributed by atoms with Gasteiger partial charge in [0.2, 0.25) is 11.8 Å². The number of alkyl halides is 3. The van der Waals surface area contributed by atoms with Gasteiger partial charge in [-0.3, -0.25) is 10.1 Å². The molecule has 170 valence electrons. The first-order chi connectivity index (χ1) is 14.7. The van der Waals surface area contributed by atoms with Crippen molar-refractivity contribution < 1.29 is 22.7 Å². The largest absolute Gasteiger partial charge is 0.481 e. The van der Waals surface area contributed by atoms with E-state index < -0.39 is 24.2 Å². The second-order valence-corrected chi connectivity index (χ2v) is 7.39. The van der Waals surface area contributed by atoms with Crippen molar-refractivity contribution >= 4 is 11.7 Å². The molecular weight excluding hydrogens is 411 g/mol. The molecule has 2 heterocycles. The molecule has 0 saturated carbocycles. The van der Waals surface area contributed by atoms with E-state index in [9.17, 15) is 18.0 Å². The topological polar surface area (TPSA) is 88.2 Å². The summed E-state index contributed by atoms with van der Waals surface area (Å²) in [6.07, 6.45) is -1.62. The highest BCUT2D eigenvalue weighted by Gasteiger charge is 2.43. The SMILES string of the molecule is COc1ccc([C@H](N[C@@H](CC(C)C)C(=O)NCCNc2ccccn2)C(F)(F)F)cn1. The number of methoxy groups -OCH3 is 1. The van der Waals surface area contributed by atoms with Gasteiger partial charge in [0, 0.05) is 31.5 Å². The zero-order chi connectivity index (χ0) is 22.9. The Hall–Kier alpha value is -2.88. The van der Waals surface area contributed by atoms with E-state index in [0.29, 0.717) is 12.4 Å². The van der Waals surface area contributed by atoms with Crippen LogP contribution in [0.4, 0.5) is 19.0 Å². The average molecular weight is 439 g/mol. The van der Waals surface area contributed by atoms with Crippen LogP contribution < -0.4 is 20.7 Å². The summed E-state index contributed by atoms with van der Waals surface area (Å²) in [4.78, 5) is 20.6. The van der Waals surface area contributed by atoms with Crippen molar-refractivity contribution in [1.29, 1.82) is 0 Å². The molecule has 0 unspecified atom stereocenters. The van der Waals surface area contributed by atoms with Gasteiger partial charge in [0.25, 0.3) is 0 Å². The van der Waals surface area contributed by atoms with Crippen molar-refractivity contribution in [3.05, 3.63) is 48.3 Å². The second kappa shape index (κ2) is 11.5. The van der Waals surface area contributed by atoms with Crippen LogP contribution in [0.25, 0.3) is 0 Å². The molecule has 0 aromatic carbocycles. The molecule has 0 radical (unpaired) electrons. The fourth-order valence-electron chi connectivity index (χ4n) is 2.95. The number of rotatable bonds is 11. The van der Waals surface area contributed by atoms with Crippen LogP contribution in [0.5, 0.6) is 5.88 Å². The molecule has 0 aliphatic carbocycles. The predicted molar refractivity (Wildman–Crippen MR) is 112 cm³/mol. The highest BCUT2D eigenvalue weighted by Crippen LogP contribution is 2.33. The number of aromatic nitrogens is 2. The van der Waals surface area contributed by atoms with Crippen LogP contribution in [0.3, 0.4) is 0 Å². The van der Waals surface area contributed by atoms with Crippen LogP contribution in [-0.2, 0) is 4.79 Å². The fraction of sp³-hybridized carbons (Fsp3) is 0.476. The van der Waals surface area contributed by atoms with Crippen molar-refractivity contribution in [3.8, 4) is 5.88 Å². The first kappa shape index (κ1) is 24.4. The lowest BCUT2D eigenvalue weighted by atomic mass is 10.00. The third-order valence-corrected chi connectivity index (χ3v) is 4.42. The highest BCUT2D eigenvalue weighted by atomic mass is 19.4. The monoisotopic (exact) mass is 439 g/mol. The Bertz CT molecular complexity index is 801. The van der Waals surface area contributed by atoms with E-state index in [-0.39, 0.29) is 30.3 Å². The van der Waals surface area contributed by atoms with Crippen molar-refractivity contribution in [1.82, 2.24) is 20.6 Å². The lowest BCUT2D eigenvalue weighted by Crippen LogP contribution is -2.50. The van der Waals surface area contributed by atoms with Gasteiger partial charge in [-0.2, -0.15) is 13.2 Å². The number of carbonyl (C=O) groups excluding carboxylic acids is 1. The van der Waals surface area contributed by atoms with Crippen LogP contribution in [0.15, 0.2) is 42.7 Å². The second-order valence-electron chi connectivity index (χ2n) is 7.39. The maximum atomic E-state index is 13.8. The highest BCUT2D eigenvalue weighted by molar-refractivity contribution is 5.81. The molecule has 0 aliphatic rings. The molecule has 0 fully saturated rings. The number of anilines is 1. The number of carbonyl (C=O) groups is 1. The Morgan fingerprint density at radius 3 is 2.45 bits per heavy atom. The summed E-state index contributed by atoms with van der Waals surface area (Å²) in [5.74, 6) is 0.379. The molecule has 2 aromatic rings. The quantitative estimate of drug-likeness (QED) is 0.466. The van der Waals surface area contributed by atoms with Gasteiger partial charge in [-0.25, -0.2) is 9.97 Å². The van der Waals surface area contributed by atoms with Crippen LogP contribution >= 0.6 is 0 Å². The third-order valence-electron chi connectivity index (χ3n) is 4.42. The van der Waals surface area contributed by atoms with Gasteiger partial charge in [-0.1, -0.05) is 26.0 Å². The Morgan fingerprint density at radius 1 is 1.13 bits per heavy atom. The smallest absolute Gasteiger partial charge is 0.407 e. The lowest BCUT2D eigenvalue weighted by Gasteiger charge is -2.28. The van der Waals surface area contributed by atoms with E-state index in [1.807, 2.05) is 19.9 Å². The van der Waals surface area contributed by atoms with Gasteiger partial charge in [0.05, 0.1) is 13.2 Å². The molecule has 0 bridgehead atoms. The third kappa shape index (κ3) is 8.05. The van der Waals surface area contributed by atoms with Crippen LogP contribution in [-0.4, -0.2) is 48.3 Å². The molecule has 7 nitrogen and oxygen atoms in total. The average Bonchev–Trinajstić information content (AvgIpc) is 2.73. The number of hydrogen-bond acceptors (Lipinski definition) is 6. The van der Waals surface area contributed by atoms with Gasteiger partial charge in [0.1, 0.15) is 11.9 Å². The Morgan fingerprint density at radius 2 is 1.90 bits per heavy atom. The van der Waals surface area contributed by atoms with E-state index in [1.165, 1.54) is 19.2 Å². The molecule has 3 N–H and O–H groups in total. The van der Waals surface area contributed by atoms with Crippen molar-refractivity contribution in [2.45, 2.75) is 38.5 Å². The molecule has 2 rings (SSSR count). The molecule has 2 aromatic heterocycles. The number of nitrogens with zero attached hydrogens (tertiary/aromatic N) is 2. The molecular formula is C21H28F3N5O2. The number of ether oxygens (including phenoxy) is 1. The fourth-order valence-corrected chi connectivity index (χ4v) is 2.95. The van der Waals surface area contributed by atoms with Gasteiger partial charge < -0.3 is 15.4 Å². The predicted octanol–water partition coefficient (Wildman–Crippen LogP) is 3.32. The van der Waals surface area contributed by atoms with E-state index in [4.69, 9.17) is 4.74 Å². The van der Waals surface area contributed by atoms with E-state index in [0.717, 1.165) is 6.20 Å². The number of hydrogen-bond donors (Lipinski definition) is 3. The van der Waals surface area contributed by atoms with Crippen molar-refractivity contribution in [2.75, 3.05) is 25.5 Å². The summed E-state index contributed by atoms with van der Waals surface area (Å²) in [6.45, 7) is 4.33. The molecule has 10 heteroatoms. The normalized spacial score (nSPS) is 13.5. The minimum absolute atomic E-state index is 0.0118. The number of nitrogens with one attached hydrogen (secondary N) is 3.